The predicted molar refractivity (Wildman–Crippen MR) is 66.8 cm³/mol. The summed E-state index contributed by atoms with van der Waals surface area (Å²) in [5.74, 6) is 0. The van der Waals surface area contributed by atoms with Gasteiger partial charge in [-0.25, -0.2) is 0 Å². The summed E-state index contributed by atoms with van der Waals surface area (Å²) in [4.78, 5) is 15.5. The van der Waals surface area contributed by atoms with Crippen molar-refractivity contribution in [2.75, 3.05) is 0 Å². The smallest absolute Gasteiger partial charge is 0.195 e. The van der Waals surface area contributed by atoms with Gasteiger partial charge in [0.2, 0.25) is 0 Å². The van der Waals surface area contributed by atoms with E-state index >= 15 is 0 Å². The number of aromatic nitrogens is 1. The molecule has 16 heavy (non-hydrogen) atoms. The van der Waals surface area contributed by atoms with E-state index in [1.165, 1.54) is 0 Å². The van der Waals surface area contributed by atoms with E-state index in [1.807, 2.05) is 49.4 Å². The van der Waals surface area contributed by atoms with E-state index in [0.717, 1.165) is 27.4 Å². The molecule has 0 unspecified atom stereocenters. The summed E-state index contributed by atoms with van der Waals surface area (Å²) in [5, 5.41) is 2.52. The van der Waals surface area contributed by atoms with Gasteiger partial charge in [-0.15, -0.1) is 0 Å². The summed E-state index contributed by atoms with van der Waals surface area (Å²) in [6.07, 6.45) is 0. The normalized spacial score (nSPS) is 11.1. The third-order valence-corrected chi connectivity index (χ3v) is 2.86. The van der Waals surface area contributed by atoms with Crippen LogP contribution in [0.25, 0.3) is 21.7 Å². The number of nitrogens with one attached hydrogen (secondary N) is 1. The van der Waals surface area contributed by atoms with E-state index in [-0.39, 0.29) is 5.43 Å². The molecule has 3 aromatic rings. The Morgan fingerprint density at radius 2 is 1.81 bits per heavy atom. The Hall–Kier alpha value is -2.09. The number of aryl methyl sites for hydroxylation is 1. The van der Waals surface area contributed by atoms with Crippen LogP contribution < -0.4 is 5.43 Å². The highest BCUT2D eigenvalue weighted by atomic mass is 16.1. The van der Waals surface area contributed by atoms with Gasteiger partial charge in [0.05, 0.1) is 0 Å². The lowest BCUT2D eigenvalue weighted by Crippen LogP contribution is -1.96. The first-order chi connectivity index (χ1) is 7.75. The van der Waals surface area contributed by atoms with Crippen LogP contribution in [-0.2, 0) is 0 Å². The first-order valence-corrected chi connectivity index (χ1v) is 5.27. The highest BCUT2D eigenvalue weighted by molar-refractivity contribution is 5.92. The SMILES string of the molecule is Cc1cc2c(=O)c3ccccc3ccc2[nH]1. The average molecular weight is 209 g/mol. The van der Waals surface area contributed by atoms with Gasteiger partial charge in [0.25, 0.3) is 0 Å². The van der Waals surface area contributed by atoms with Crippen molar-refractivity contribution in [3.8, 4) is 0 Å². The van der Waals surface area contributed by atoms with Crippen molar-refractivity contribution in [1.29, 1.82) is 0 Å². The van der Waals surface area contributed by atoms with Gasteiger partial charge in [-0.05, 0) is 24.4 Å². The van der Waals surface area contributed by atoms with Gasteiger partial charge in [-0.3, -0.25) is 4.79 Å². The molecule has 0 bridgehead atoms. The number of rotatable bonds is 0. The first kappa shape index (κ1) is 9.16. The highest BCUT2D eigenvalue weighted by Gasteiger charge is 2.03. The molecule has 0 amide bonds. The lowest BCUT2D eigenvalue weighted by Gasteiger charge is -1.88. The molecule has 0 radical (unpaired) electrons. The number of H-pyrrole nitrogens is 1. The van der Waals surface area contributed by atoms with Gasteiger partial charge < -0.3 is 4.98 Å². The van der Waals surface area contributed by atoms with E-state index in [4.69, 9.17) is 0 Å². The van der Waals surface area contributed by atoms with Crippen LogP contribution in [0, 0.1) is 6.92 Å². The van der Waals surface area contributed by atoms with Crippen molar-refractivity contribution >= 4 is 21.7 Å². The monoisotopic (exact) mass is 209 g/mol. The molecule has 0 aliphatic rings. The van der Waals surface area contributed by atoms with E-state index in [0.29, 0.717) is 0 Å². The highest BCUT2D eigenvalue weighted by Crippen LogP contribution is 2.15. The second-order valence-electron chi connectivity index (χ2n) is 4.03. The van der Waals surface area contributed by atoms with Crippen LogP contribution in [0.2, 0.25) is 0 Å². The lowest BCUT2D eigenvalue weighted by molar-refractivity contribution is 1.30. The zero-order chi connectivity index (χ0) is 11.1. The molecule has 0 aliphatic heterocycles. The molecule has 2 aromatic carbocycles. The third-order valence-electron chi connectivity index (χ3n) is 2.86. The lowest BCUT2D eigenvalue weighted by atomic mass is 10.2. The molecule has 1 N–H and O–H groups in total. The maximum atomic E-state index is 12.3. The third kappa shape index (κ3) is 1.23. The van der Waals surface area contributed by atoms with Gasteiger partial charge in [0, 0.05) is 22.0 Å². The van der Waals surface area contributed by atoms with E-state index in [9.17, 15) is 4.79 Å². The minimum Gasteiger partial charge on any atom is -0.359 e. The van der Waals surface area contributed by atoms with E-state index in [1.54, 1.807) is 0 Å². The molecular weight excluding hydrogens is 198 g/mol. The molecule has 78 valence electrons. The minimum atomic E-state index is 0.0972. The maximum Gasteiger partial charge on any atom is 0.195 e. The summed E-state index contributed by atoms with van der Waals surface area (Å²) in [6.45, 7) is 1.96. The molecule has 1 aromatic heterocycles. The van der Waals surface area contributed by atoms with Gasteiger partial charge in [-0.2, -0.15) is 0 Å². The van der Waals surface area contributed by atoms with Crippen molar-refractivity contribution in [3.63, 3.8) is 0 Å². The molecule has 0 saturated heterocycles. The van der Waals surface area contributed by atoms with Gasteiger partial charge in [0.1, 0.15) is 0 Å². The molecule has 0 aliphatic carbocycles. The quantitative estimate of drug-likeness (QED) is 0.606. The molecule has 0 spiro atoms. The first-order valence-electron chi connectivity index (χ1n) is 5.27. The summed E-state index contributed by atoms with van der Waals surface area (Å²) >= 11 is 0. The fraction of sp³-hybridized carbons (Fsp3) is 0.0714. The predicted octanol–water partition coefficient (Wildman–Crippen LogP) is 2.99. The Balaban J connectivity index is 2.66. The molecule has 0 fully saturated rings. The van der Waals surface area contributed by atoms with Gasteiger partial charge in [0.15, 0.2) is 5.43 Å². The van der Waals surface area contributed by atoms with Crippen LogP contribution in [0.3, 0.4) is 0 Å². The maximum absolute atomic E-state index is 12.3. The summed E-state index contributed by atoms with van der Waals surface area (Å²) < 4.78 is 0. The second-order valence-corrected chi connectivity index (χ2v) is 4.03. The molecule has 2 heteroatoms. The van der Waals surface area contributed by atoms with Crippen molar-refractivity contribution in [3.05, 3.63) is 58.4 Å². The van der Waals surface area contributed by atoms with E-state index in [2.05, 4.69) is 4.98 Å². The fourth-order valence-corrected chi connectivity index (χ4v) is 2.10. The van der Waals surface area contributed by atoms with Crippen molar-refractivity contribution < 1.29 is 0 Å². The Labute approximate surface area is 92.5 Å². The Morgan fingerprint density at radius 3 is 2.69 bits per heavy atom. The van der Waals surface area contributed by atoms with Crippen LogP contribution in [0.5, 0.6) is 0 Å². The number of benzene rings is 1. The molecule has 1 heterocycles. The molecule has 0 atom stereocenters. The molecule has 3 rings (SSSR count). The van der Waals surface area contributed by atoms with Gasteiger partial charge in [-0.1, -0.05) is 30.3 Å². The van der Waals surface area contributed by atoms with Crippen LogP contribution in [0.15, 0.2) is 47.3 Å². The van der Waals surface area contributed by atoms with Crippen LogP contribution in [-0.4, -0.2) is 4.98 Å². The summed E-state index contributed by atoms with van der Waals surface area (Å²) in [5.41, 5.74) is 2.01. The topological polar surface area (TPSA) is 32.9 Å². The van der Waals surface area contributed by atoms with E-state index < -0.39 is 0 Å². The standard InChI is InChI=1S/C14H11NO/c1-9-8-12-13(15-9)7-6-10-4-2-3-5-11(10)14(12)16/h2-8,15H,1H3. The Kier molecular flexibility index (Phi) is 1.83. The second kappa shape index (κ2) is 3.20. The van der Waals surface area contributed by atoms with Gasteiger partial charge >= 0.3 is 0 Å². The molecule has 2 nitrogen and oxygen atoms in total. The summed E-state index contributed by atoms with van der Waals surface area (Å²) in [6, 6.07) is 13.5. The zero-order valence-electron chi connectivity index (χ0n) is 8.95. The van der Waals surface area contributed by atoms with Crippen molar-refractivity contribution in [2.45, 2.75) is 6.92 Å². The number of hydrogen-bond acceptors (Lipinski definition) is 1. The minimum absolute atomic E-state index is 0.0972. The van der Waals surface area contributed by atoms with Crippen LogP contribution >= 0.6 is 0 Å². The average Bonchev–Trinajstić information content (AvgIpc) is 2.62. The van der Waals surface area contributed by atoms with Crippen LogP contribution in [0.4, 0.5) is 0 Å². The molecule has 0 saturated carbocycles. The number of fused-ring (bicyclic) bond motifs is 2. The van der Waals surface area contributed by atoms with Crippen molar-refractivity contribution in [1.82, 2.24) is 4.98 Å². The zero-order valence-corrected chi connectivity index (χ0v) is 8.95. The molecular formula is C14H11NO. The van der Waals surface area contributed by atoms with Crippen LogP contribution in [0.1, 0.15) is 5.69 Å². The van der Waals surface area contributed by atoms with Crippen molar-refractivity contribution in [2.24, 2.45) is 0 Å². The summed E-state index contributed by atoms with van der Waals surface area (Å²) in [7, 11) is 0. The number of aromatic amines is 1. The number of hydrogen-bond donors (Lipinski definition) is 1. The fourth-order valence-electron chi connectivity index (χ4n) is 2.10. The largest absolute Gasteiger partial charge is 0.359 e. The Bertz CT molecular complexity index is 740. The Morgan fingerprint density at radius 1 is 1.00 bits per heavy atom.